The second kappa shape index (κ2) is 9.08. The number of rotatable bonds is 5. The molecule has 1 amide bonds. The first kappa shape index (κ1) is 20.1. The highest BCUT2D eigenvalue weighted by Crippen LogP contribution is 2.25. The molecule has 154 valence electrons. The molecule has 0 atom stereocenters. The number of amides is 1. The van der Waals surface area contributed by atoms with E-state index in [4.69, 9.17) is 4.98 Å². The third-order valence-electron chi connectivity index (χ3n) is 5.77. The Morgan fingerprint density at radius 2 is 1.73 bits per heavy atom. The van der Waals surface area contributed by atoms with Crippen molar-refractivity contribution < 1.29 is 4.79 Å². The number of carbonyl (C=O) groups excluding carboxylic acids is 1. The van der Waals surface area contributed by atoms with Gasteiger partial charge in [-0.25, -0.2) is 9.97 Å². The van der Waals surface area contributed by atoms with Crippen molar-refractivity contribution in [1.82, 2.24) is 9.97 Å². The summed E-state index contributed by atoms with van der Waals surface area (Å²) in [7, 11) is 0. The highest BCUT2D eigenvalue weighted by molar-refractivity contribution is 5.92. The van der Waals surface area contributed by atoms with Crippen LogP contribution in [-0.4, -0.2) is 29.0 Å². The van der Waals surface area contributed by atoms with Gasteiger partial charge in [-0.15, -0.1) is 0 Å². The molecule has 1 aliphatic rings. The van der Waals surface area contributed by atoms with Gasteiger partial charge in [0.05, 0.1) is 0 Å². The summed E-state index contributed by atoms with van der Waals surface area (Å²) >= 11 is 0. The van der Waals surface area contributed by atoms with Crippen LogP contribution in [0.15, 0.2) is 60.8 Å². The van der Waals surface area contributed by atoms with Crippen molar-refractivity contribution in [3.8, 4) is 11.4 Å². The van der Waals surface area contributed by atoms with Gasteiger partial charge in [0.1, 0.15) is 5.82 Å². The molecule has 1 aromatic heterocycles. The highest BCUT2D eigenvalue weighted by atomic mass is 16.1. The third kappa shape index (κ3) is 4.67. The van der Waals surface area contributed by atoms with E-state index in [-0.39, 0.29) is 11.8 Å². The molecule has 0 bridgehead atoms. The first-order valence-electron chi connectivity index (χ1n) is 10.7. The SMILES string of the molecule is CCc1ccc(NC(=O)C2CCN(c3ccnc(-c4ccc(C)cc4)n3)CC2)cc1. The molecular weight excluding hydrogens is 372 g/mol. The summed E-state index contributed by atoms with van der Waals surface area (Å²) in [5, 5.41) is 3.07. The number of nitrogens with one attached hydrogen (secondary N) is 1. The number of benzene rings is 2. The average Bonchev–Trinajstić information content (AvgIpc) is 2.80. The summed E-state index contributed by atoms with van der Waals surface area (Å²) in [6.07, 6.45) is 4.46. The molecule has 3 aromatic rings. The van der Waals surface area contributed by atoms with Crippen LogP contribution in [0.4, 0.5) is 11.5 Å². The van der Waals surface area contributed by atoms with E-state index in [0.717, 1.165) is 55.2 Å². The lowest BCUT2D eigenvalue weighted by Gasteiger charge is -2.32. The minimum atomic E-state index is 0.0329. The lowest BCUT2D eigenvalue weighted by atomic mass is 9.95. The summed E-state index contributed by atoms with van der Waals surface area (Å²) in [5.41, 5.74) is 4.39. The van der Waals surface area contributed by atoms with Crippen LogP contribution >= 0.6 is 0 Å². The van der Waals surface area contributed by atoms with Crippen molar-refractivity contribution >= 4 is 17.4 Å². The van der Waals surface area contributed by atoms with E-state index >= 15 is 0 Å². The minimum absolute atomic E-state index is 0.0329. The fourth-order valence-electron chi connectivity index (χ4n) is 3.81. The van der Waals surface area contributed by atoms with Gasteiger partial charge in [0.25, 0.3) is 0 Å². The number of piperidine rings is 1. The molecule has 0 spiro atoms. The van der Waals surface area contributed by atoms with Crippen molar-refractivity contribution in [2.75, 3.05) is 23.3 Å². The van der Waals surface area contributed by atoms with Crippen LogP contribution in [0, 0.1) is 12.8 Å². The zero-order chi connectivity index (χ0) is 20.9. The van der Waals surface area contributed by atoms with Gasteiger partial charge in [0, 0.05) is 36.5 Å². The molecular formula is C25H28N4O. The molecule has 0 saturated carbocycles. The van der Waals surface area contributed by atoms with E-state index in [2.05, 4.69) is 65.4 Å². The molecule has 4 rings (SSSR count). The Bertz CT molecular complexity index is 990. The Morgan fingerprint density at radius 1 is 1.03 bits per heavy atom. The molecule has 30 heavy (non-hydrogen) atoms. The van der Waals surface area contributed by atoms with Crippen molar-refractivity contribution in [2.24, 2.45) is 5.92 Å². The van der Waals surface area contributed by atoms with E-state index in [0.29, 0.717) is 0 Å². The van der Waals surface area contributed by atoms with Crippen LogP contribution in [0.2, 0.25) is 0 Å². The molecule has 0 unspecified atom stereocenters. The summed E-state index contributed by atoms with van der Waals surface area (Å²) < 4.78 is 0. The first-order chi connectivity index (χ1) is 14.6. The van der Waals surface area contributed by atoms with Gasteiger partial charge in [0.2, 0.25) is 5.91 Å². The molecule has 0 radical (unpaired) electrons. The van der Waals surface area contributed by atoms with Crippen molar-refractivity contribution in [3.63, 3.8) is 0 Å². The zero-order valence-electron chi connectivity index (χ0n) is 17.6. The standard InChI is InChI=1S/C25H28N4O/c1-3-19-6-10-22(11-7-19)27-25(30)21-13-16-29(17-14-21)23-12-15-26-24(28-23)20-8-4-18(2)5-9-20/h4-12,15,21H,3,13-14,16-17H2,1-2H3,(H,27,30). The smallest absolute Gasteiger partial charge is 0.227 e. The largest absolute Gasteiger partial charge is 0.356 e. The van der Waals surface area contributed by atoms with Gasteiger partial charge in [-0.1, -0.05) is 48.9 Å². The molecule has 2 heterocycles. The van der Waals surface area contributed by atoms with Crippen LogP contribution in [0.5, 0.6) is 0 Å². The molecule has 2 aromatic carbocycles. The number of aryl methyl sites for hydroxylation is 2. The van der Waals surface area contributed by atoms with Gasteiger partial charge < -0.3 is 10.2 Å². The maximum Gasteiger partial charge on any atom is 0.227 e. The van der Waals surface area contributed by atoms with Crippen LogP contribution in [0.1, 0.15) is 30.9 Å². The van der Waals surface area contributed by atoms with E-state index in [9.17, 15) is 4.79 Å². The molecule has 5 nitrogen and oxygen atoms in total. The fourth-order valence-corrected chi connectivity index (χ4v) is 3.81. The number of aromatic nitrogens is 2. The predicted molar refractivity (Wildman–Crippen MR) is 122 cm³/mol. The molecule has 1 N–H and O–H groups in total. The summed E-state index contributed by atoms with van der Waals surface area (Å²) in [5.74, 6) is 1.81. The number of anilines is 2. The monoisotopic (exact) mass is 400 g/mol. The Labute approximate surface area is 178 Å². The average molecular weight is 401 g/mol. The topological polar surface area (TPSA) is 58.1 Å². The second-order valence-electron chi connectivity index (χ2n) is 7.91. The van der Waals surface area contributed by atoms with Crippen LogP contribution in [0.25, 0.3) is 11.4 Å². The Morgan fingerprint density at radius 3 is 2.40 bits per heavy atom. The Balaban J connectivity index is 1.36. The summed E-state index contributed by atoms with van der Waals surface area (Å²) in [6, 6.07) is 18.3. The maximum absolute atomic E-state index is 12.7. The molecule has 1 fully saturated rings. The summed E-state index contributed by atoms with van der Waals surface area (Å²) in [6.45, 7) is 5.83. The number of hydrogen-bond acceptors (Lipinski definition) is 4. The fraction of sp³-hybridized carbons (Fsp3) is 0.320. The van der Waals surface area contributed by atoms with E-state index < -0.39 is 0 Å². The van der Waals surface area contributed by atoms with Crippen LogP contribution < -0.4 is 10.2 Å². The van der Waals surface area contributed by atoms with E-state index in [1.807, 2.05) is 24.4 Å². The molecule has 0 aliphatic carbocycles. The molecule has 1 aliphatic heterocycles. The van der Waals surface area contributed by atoms with Gasteiger partial charge in [-0.2, -0.15) is 0 Å². The zero-order valence-corrected chi connectivity index (χ0v) is 17.6. The predicted octanol–water partition coefficient (Wildman–Crippen LogP) is 4.87. The first-order valence-corrected chi connectivity index (χ1v) is 10.7. The third-order valence-corrected chi connectivity index (χ3v) is 5.77. The van der Waals surface area contributed by atoms with Crippen molar-refractivity contribution in [2.45, 2.75) is 33.1 Å². The van der Waals surface area contributed by atoms with Crippen molar-refractivity contribution in [1.29, 1.82) is 0 Å². The number of nitrogens with zero attached hydrogens (tertiary/aromatic N) is 3. The van der Waals surface area contributed by atoms with Crippen LogP contribution in [0.3, 0.4) is 0 Å². The second-order valence-corrected chi connectivity index (χ2v) is 7.91. The number of carbonyl (C=O) groups is 1. The van der Waals surface area contributed by atoms with Crippen LogP contribution in [-0.2, 0) is 11.2 Å². The van der Waals surface area contributed by atoms with Gasteiger partial charge in [-0.3, -0.25) is 4.79 Å². The van der Waals surface area contributed by atoms with Gasteiger partial charge in [-0.05, 0) is 49.9 Å². The lowest BCUT2D eigenvalue weighted by molar-refractivity contribution is -0.120. The number of hydrogen-bond donors (Lipinski definition) is 1. The van der Waals surface area contributed by atoms with E-state index in [1.165, 1.54) is 11.1 Å². The Kier molecular flexibility index (Phi) is 6.07. The lowest BCUT2D eigenvalue weighted by Crippen LogP contribution is -2.38. The summed E-state index contributed by atoms with van der Waals surface area (Å²) in [4.78, 5) is 24.1. The molecule has 5 heteroatoms. The Hall–Kier alpha value is -3.21. The normalized spacial score (nSPS) is 14.5. The quantitative estimate of drug-likeness (QED) is 0.664. The van der Waals surface area contributed by atoms with E-state index in [1.54, 1.807) is 0 Å². The van der Waals surface area contributed by atoms with Gasteiger partial charge >= 0.3 is 0 Å². The highest BCUT2D eigenvalue weighted by Gasteiger charge is 2.26. The van der Waals surface area contributed by atoms with Gasteiger partial charge in [0.15, 0.2) is 5.82 Å². The van der Waals surface area contributed by atoms with Crippen molar-refractivity contribution in [3.05, 3.63) is 71.9 Å². The maximum atomic E-state index is 12.7. The minimum Gasteiger partial charge on any atom is -0.356 e. The molecule has 1 saturated heterocycles.